The van der Waals surface area contributed by atoms with E-state index in [1.54, 1.807) is 0 Å². The Bertz CT molecular complexity index is 795. The number of hydrogen-bond acceptors (Lipinski definition) is 3. The Kier molecular flexibility index (Phi) is 4.67. The molecule has 0 spiro atoms. The van der Waals surface area contributed by atoms with Crippen molar-refractivity contribution in [2.45, 2.75) is 24.9 Å². The van der Waals surface area contributed by atoms with Crippen molar-refractivity contribution in [3.63, 3.8) is 0 Å². The molecule has 0 aliphatic rings. The van der Waals surface area contributed by atoms with Crippen molar-refractivity contribution >= 4 is 33.4 Å². The third-order valence-electron chi connectivity index (χ3n) is 2.82. The molecular weight excluding hydrogens is 363 g/mol. The van der Waals surface area contributed by atoms with Gasteiger partial charge >= 0.3 is 6.18 Å². The number of nitrogens with zero attached hydrogens (tertiary/aromatic N) is 3. The molecule has 11 heteroatoms. The van der Waals surface area contributed by atoms with E-state index in [1.807, 2.05) is 0 Å². The van der Waals surface area contributed by atoms with Crippen LogP contribution in [0.1, 0.15) is 18.2 Å². The Morgan fingerprint density at radius 2 is 2.00 bits per heavy atom. The van der Waals surface area contributed by atoms with Gasteiger partial charge in [0.15, 0.2) is 10.9 Å². The summed E-state index contributed by atoms with van der Waals surface area (Å²) in [6, 6.07) is 0.655. The lowest BCUT2D eigenvalue weighted by atomic mass is 10.3. The topological polar surface area (TPSA) is 56.7 Å². The lowest BCUT2D eigenvalue weighted by molar-refractivity contribution is -0.137. The van der Waals surface area contributed by atoms with E-state index in [9.17, 15) is 21.4 Å². The molecule has 23 heavy (non-hydrogen) atoms. The van der Waals surface area contributed by atoms with Gasteiger partial charge < -0.3 is 5.73 Å². The number of aromatic nitrogens is 3. The molecule has 2 N–H and O–H groups in total. The predicted octanol–water partition coefficient (Wildman–Crippen LogP) is 4.46. The van der Waals surface area contributed by atoms with Gasteiger partial charge in [-0.2, -0.15) is 26.8 Å². The molecule has 0 saturated heterocycles. The summed E-state index contributed by atoms with van der Waals surface area (Å²) in [6.07, 6.45) is -4.06. The summed E-state index contributed by atoms with van der Waals surface area (Å²) in [6.45, 7) is 2.34. The number of aryl methyl sites for hydroxylation is 1. The number of nitrogens with two attached hydrogens (primary N) is 1. The van der Waals surface area contributed by atoms with E-state index in [2.05, 4.69) is 10.1 Å². The lowest BCUT2D eigenvalue weighted by Crippen LogP contribution is -2.09. The number of rotatable bonds is 2. The summed E-state index contributed by atoms with van der Waals surface area (Å²) in [5, 5.41) is 2.52. The quantitative estimate of drug-likeness (QED) is 0.481. The first-order chi connectivity index (χ1) is 10.5. The van der Waals surface area contributed by atoms with Gasteiger partial charge in [0.25, 0.3) is 0 Å². The highest BCUT2D eigenvalue weighted by atomic mass is 35.5. The summed E-state index contributed by atoms with van der Waals surface area (Å²) < 4.78 is 65.7. The van der Waals surface area contributed by atoms with E-state index >= 15 is 0 Å². The first kappa shape index (κ1) is 17.7. The highest BCUT2D eigenvalue weighted by Crippen LogP contribution is 2.39. The largest absolute Gasteiger partial charge is 0.417 e. The molecule has 1 atom stereocenters. The first-order valence-corrected chi connectivity index (χ1v) is 7.52. The van der Waals surface area contributed by atoms with Gasteiger partial charge in [-0.15, -0.1) is 0 Å². The normalized spacial score (nSPS) is 14.0. The van der Waals surface area contributed by atoms with Crippen molar-refractivity contribution in [2.24, 2.45) is 0 Å². The Labute approximate surface area is 135 Å². The standard InChI is InChI=1S/C12H10ClF5N4S/c1-5-9(23(18)6(2)14)10(19)22(21-5)11-8(13)3-7(4-20-11)12(15,16)17/h3-4H,19H2,1-2H3. The van der Waals surface area contributed by atoms with Crippen molar-refractivity contribution in [1.82, 2.24) is 14.8 Å². The van der Waals surface area contributed by atoms with Crippen LogP contribution in [0, 0.1) is 6.92 Å². The molecule has 0 aliphatic carbocycles. The van der Waals surface area contributed by atoms with E-state index < -0.39 is 27.7 Å². The summed E-state index contributed by atoms with van der Waals surface area (Å²) in [5.74, 6) is -0.487. The molecule has 0 bridgehead atoms. The molecule has 4 nitrogen and oxygen atoms in total. The lowest BCUT2D eigenvalue weighted by Gasteiger charge is -2.10. The number of alkyl halides is 3. The van der Waals surface area contributed by atoms with Crippen molar-refractivity contribution in [3.05, 3.63) is 28.5 Å². The number of halogens is 6. The van der Waals surface area contributed by atoms with E-state index in [0.717, 1.165) is 11.6 Å². The second-order valence-electron chi connectivity index (χ2n) is 4.47. The number of pyridine rings is 1. The SMILES string of the molecule is C/C(F)=S(/F)c1c(C)nn(-c2ncc(C(F)(F)F)cc2Cl)c1N. The fourth-order valence-corrected chi connectivity index (χ4v) is 2.89. The van der Waals surface area contributed by atoms with Crippen LogP contribution in [0.5, 0.6) is 0 Å². The maximum Gasteiger partial charge on any atom is 0.417 e. The Morgan fingerprint density at radius 1 is 1.39 bits per heavy atom. The van der Waals surface area contributed by atoms with Gasteiger partial charge in [-0.1, -0.05) is 11.6 Å². The molecule has 2 aromatic heterocycles. The first-order valence-electron chi connectivity index (χ1n) is 6.01. The van der Waals surface area contributed by atoms with Gasteiger partial charge in [0, 0.05) is 6.20 Å². The summed E-state index contributed by atoms with van der Waals surface area (Å²) >= 11 is 5.80. The fourth-order valence-electron chi connectivity index (χ4n) is 1.80. The Balaban J connectivity index is 2.61. The van der Waals surface area contributed by atoms with Gasteiger partial charge in [0.1, 0.15) is 10.7 Å². The predicted molar refractivity (Wildman–Crippen MR) is 79.3 cm³/mol. The van der Waals surface area contributed by atoms with Crippen molar-refractivity contribution in [3.8, 4) is 5.82 Å². The summed E-state index contributed by atoms with van der Waals surface area (Å²) in [7, 11) is -2.40. The monoisotopic (exact) mass is 372 g/mol. The molecule has 0 radical (unpaired) electrons. The number of hydrogen-bond donors (Lipinski definition) is 1. The highest BCUT2D eigenvalue weighted by molar-refractivity contribution is 8.11. The zero-order valence-corrected chi connectivity index (χ0v) is 13.3. The molecular formula is C12H10ClF5N4S. The third kappa shape index (κ3) is 3.32. The second-order valence-corrected chi connectivity index (χ2v) is 6.36. The van der Waals surface area contributed by atoms with Crippen LogP contribution in [0.15, 0.2) is 17.2 Å². The molecule has 0 aromatic carbocycles. The van der Waals surface area contributed by atoms with Crippen molar-refractivity contribution in [1.29, 1.82) is 0 Å². The minimum atomic E-state index is -4.61. The van der Waals surface area contributed by atoms with Crippen molar-refractivity contribution < 1.29 is 21.4 Å². The molecule has 2 heterocycles. The van der Waals surface area contributed by atoms with Crippen LogP contribution in [-0.4, -0.2) is 19.9 Å². The molecule has 2 rings (SSSR count). The van der Waals surface area contributed by atoms with Crippen LogP contribution in [0.4, 0.5) is 27.3 Å². The van der Waals surface area contributed by atoms with Gasteiger partial charge in [0.05, 0.1) is 27.2 Å². The summed E-state index contributed by atoms with van der Waals surface area (Å²) in [4.78, 5) is 3.39. The van der Waals surface area contributed by atoms with Gasteiger partial charge in [-0.3, -0.25) is 0 Å². The van der Waals surface area contributed by atoms with Crippen LogP contribution in [0.2, 0.25) is 5.02 Å². The molecule has 0 saturated carbocycles. The van der Waals surface area contributed by atoms with Crippen LogP contribution in [0.3, 0.4) is 0 Å². The minimum absolute atomic E-state index is 0.0862. The van der Waals surface area contributed by atoms with E-state index in [0.29, 0.717) is 12.3 Å². The average molecular weight is 373 g/mol. The number of nitrogen functional groups attached to an aromatic ring is 1. The van der Waals surface area contributed by atoms with Crippen LogP contribution in [-0.2, 0) is 6.18 Å². The van der Waals surface area contributed by atoms with Crippen LogP contribution < -0.4 is 5.73 Å². The van der Waals surface area contributed by atoms with Gasteiger partial charge in [0.2, 0.25) is 0 Å². The molecule has 0 fully saturated rings. The molecule has 1 unspecified atom stereocenters. The van der Waals surface area contributed by atoms with E-state index in [4.69, 9.17) is 17.3 Å². The fraction of sp³-hybridized carbons (Fsp3) is 0.250. The minimum Gasteiger partial charge on any atom is -0.383 e. The zero-order chi connectivity index (χ0) is 17.5. The average Bonchev–Trinajstić information content (AvgIpc) is 2.72. The molecule has 0 amide bonds. The second kappa shape index (κ2) is 6.08. The van der Waals surface area contributed by atoms with Crippen LogP contribution >= 0.6 is 22.5 Å². The maximum atomic E-state index is 13.9. The third-order valence-corrected chi connectivity index (χ3v) is 4.45. The Hall–Kier alpha value is -1.68. The smallest absolute Gasteiger partial charge is 0.383 e. The molecule has 126 valence electrons. The molecule has 2 aromatic rings. The molecule has 0 aliphatic heterocycles. The zero-order valence-electron chi connectivity index (χ0n) is 11.7. The van der Waals surface area contributed by atoms with Gasteiger partial charge in [-0.05, 0) is 19.9 Å². The van der Waals surface area contributed by atoms with E-state index in [-0.39, 0.29) is 27.2 Å². The van der Waals surface area contributed by atoms with Crippen LogP contribution in [0.25, 0.3) is 5.82 Å². The number of anilines is 1. The van der Waals surface area contributed by atoms with Gasteiger partial charge in [-0.25, -0.2) is 9.37 Å². The Morgan fingerprint density at radius 3 is 2.48 bits per heavy atom. The van der Waals surface area contributed by atoms with Crippen molar-refractivity contribution in [2.75, 3.05) is 5.73 Å². The summed E-state index contributed by atoms with van der Waals surface area (Å²) in [5.41, 5.74) is 4.77. The van der Waals surface area contributed by atoms with E-state index in [1.165, 1.54) is 6.92 Å². The maximum absolute atomic E-state index is 13.9. The highest BCUT2D eigenvalue weighted by Gasteiger charge is 2.32.